The van der Waals surface area contributed by atoms with Gasteiger partial charge in [-0.2, -0.15) is 0 Å². The van der Waals surface area contributed by atoms with Gasteiger partial charge in [-0.1, -0.05) is 13.3 Å². The van der Waals surface area contributed by atoms with Crippen LogP contribution in [0, 0.1) is 0 Å². The second-order valence-corrected chi connectivity index (χ2v) is 1.50. The molecule has 0 fully saturated rings. The van der Waals surface area contributed by atoms with E-state index < -0.39 is 5.83 Å². The zero-order valence-electron chi connectivity index (χ0n) is 4.86. The third kappa shape index (κ3) is 3.53. The normalized spacial score (nSPS) is 11.5. The molecule has 0 aliphatic heterocycles. The van der Waals surface area contributed by atoms with Crippen LogP contribution in [0.1, 0.15) is 19.8 Å². The first kappa shape index (κ1) is 7.34. The zero-order chi connectivity index (χ0) is 6.41. The van der Waals surface area contributed by atoms with Crippen molar-refractivity contribution in [3.8, 4) is 0 Å². The Bertz CT molecular complexity index is 96.7. The fourth-order valence-electron chi connectivity index (χ4n) is 0.330. The Morgan fingerprint density at radius 2 is 2.38 bits per heavy atom. The molecule has 0 unspecified atom stereocenters. The number of unbranched alkanes of at least 4 members (excludes halogenated alkanes) is 1. The molecule has 0 saturated heterocycles. The summed E-state index contributed by atoms with van der Waals surface area (Å²) in [5.74, 6) is -0.660. The quantitative estimate of drug-likeness (QED) is 0.406. The minimum Gasteiger partial charge on any atom is -0.295 e. The van der Waals surface area contributed by atoms with Gasteiger partial charge >= 0.3 is 0 Å². The number of allylic oxidation sites excluding steroid dienone is 2. The molecule has 0 atom stereocenters. The van der Waals surface area contributed by atoms with E-state index in [0.717, 1.165) is 6.42 Å². The molecule has 0 amide bonds. The average Bonchev–Trinajstić information content (AvgIpc) is 1.83. The summed E-state index contributed by atoms with van der Waals surface area (Å²) in [6.45, 7) is 1.93. The van der Waals surface area contributed by atoms with Gasteiger partial charge in [-0.05, 0) is 12.5 Å². The second-order valence-electron chi connectivity index (χ2n) is 1.50. The van der Waals surface area contributed by atoms with Gasteiger partial charge in [0.2, 0.25) is 0 Å². The maximum Gasteiger partial charge on any atom is 0.178 e. The van der Waals surface area contributed by atoms with Crippen molar-refractivity contribution in [1.29, 1.82) is 0 Å². The highest BCUT2D eigenvalue weighted by Gasteiger charge is 1.84. The number of carbonyl (C=O) groups excluding carboxylic acids is 1. The Morgan fingerprint density at radius 1 is 1.75 bits per heavy atom. The smallest absolute Gasteiger partial charge is 0.178 e. The van der Waals surface area contributed by atoms with Crippen LogP contribution in [-0.2, 0) is 4.79 Å². The molecular weight excluding hydrogens is 107 g/mol. The minimum atomic E-state index is -0.660. The Hall–Kier alpha value is -0.660. The Labute approximate surface area is 48.2 Å². The molecule has 0 aliphatic carbocycles. The van der Waals surface area contributed by atoms with Crippen LogP contribution in [0.2, 0.25) is 0 Å². The summed E-state index contributed by atoms with van der Waals surface area (Å²) in [5.41, 5.74) is 0. The van der Waals surface area contributed by atoms with E-state index in [1.165, 1.54) is 6.08 Å². The number of aldehydes is 1. The molecule has 0 spiro atoms. The van der Waals surface area contributed by atoms with Gasteiger partial charge in [-0.25, -0.2) is 4.39 Å². The van der Waals surface area contributed by atoms with E-state index in [-0.39, 0.29) is 6.29 Å². The molecular formula is C6H9FO. The van der Waals surface area contributed by atoms with Gasteiger partial charge in [-0.3, -0.25) is 4.79 Å². The van der Waals surface area contributed by atoms with Crippen LogP contribution in [0.4, 0.5) is 4.39 Å². The molecule has 8 heavy (non-hydrogen) atoms. The van der Waals surface area contributed by atoms with E-state index in [4.69, 9.17) is 0 Å². The van der Waals surface area contributed by atoms with Gasteiger partial charge in [0.1, 0.15) is 0 Å². The van der Waals surface area contributed by atoms with E-state index in [0.29, 0.717) is 6.42 Å². The van der Waals surface area contributed by atoms with Crippen molar-refractivity contribution in [2.24, 2.45) is 0 Å². The molecule has 0 bridgehead atoms. The van der Waals surface area contributed by atoms with Gasteiger partial charge in [-0.15, -0.1) is 0 Å². The van der Waals surface area contributed by atoms with Crippen LogP contribution in [0.3, 0.4) is 0 Å². The van der Waals surface area contributed by atoms with Crippen LogP contribution in [0.5, 0.6) is 0 Å². The van der Waals surface area contributed by atoms with Gasteiger partial charge in [0.25, 0.3) is 0 Å². The summed E-state index contributed by atoms with van der Waals surface area (Å²) in [5, 5.41) is 0. The third-order valence-corrected chi connectivity index (χ3v) is 0.741. The summed E-state index contributed by atoms with van der Waals surface area (Å²) in [6, 6.07) is 0. The van der Waals surface area contributed by atoms with Gasteiger partial charge in [0.15, 0.2) is 12.1 Å². The topological polar surface area (TPSA) is 17.1 Å². The lowest BCUT2D eigenvalue weighted by molar-refractivity contribution is -0.106. The molecule has 0 aromatic heterocycles. The van der Waals surface area contributed by atoms with Crippen LogP contribution < -0.4 is 0 Å². The first-order valence-corrected chi connectivity index (χ1v) is 2.62. The van der Waals surface area contributed by atoms with Crippen LogP contribution in [0.25, 0.3) is 0 Å². The molecule has 0 aliphatic rings. The Kier molecular flexibility index (Phi) is 4.13. The SMILES string of the molecule is CCC/C=C(\F)C=O. The van der Waals surface area contributed by atoms with Crippen LogP contribution in [-0.4, -0.2) is 6.29 Å². The first-order valence-electron chi connectivity index (χ1n) is 2.62. The molecule has 0 aromatic rings. The molecule has 0 N–H and O–H groups in total. The Morgan fingerprint density at radius 3 is 2.75 bits per heavy atom. The molecule has 46 valence electrons. The fraction of sp³-hybridized carbons (Fsp3) is 0.500. The van der Waals surface area contributed by atoms with Crippen LogP contribution >= 0.6 is 0 Å². The van der Waals surface area contributed by atoms with Crippen molar-refractivity contribution in [3.63, 3.8) is 0 Å². The first-order chi connectivity index (χ1) is 3.81. The lowest BCUT2D eigenvalue weighted by atomic mass is 10.3. The van der Waals surface area contributed by atoms with E-state index in [9.17, 15) is 9.18 Å². The second kappa shape index (κ2) is 4.50. The van der Waals surface area contributed by atoms with Gasteiger partial charge in [0.05, 0.1) is 0 Å². The molecule has 2 heteroatoms. The van der Waals surface area contributed by atoms with Crippen molar-refractivity contribution >= 4 is 6.29 Å². The molecule has 0 saturated carbocycles. The summed E-state index contributed by atoms with van der Waals surface area (Å²) in [6.07, 6.45) is 3.02. The standard InChI is InChI=1S/C6H9FO/c1-2-3-4-6(7)5-8/h4-5H,2-3H2,1H3/b6-4-. The highest BCUT2D eigenvalue weighted by Crippen LogP contribution is 1.95. The maximum absolute atomic E-state index is 11.8. The van der Waals surface area contributed by atoms with E-state index in [1.807, 2.05) is 6.92 Å². The highest BCUT2D eigenvalue weighted by molar-refractivity contribution is 5.69. The summed E-state index contributed by atoms with van der Waals surface area (Å²) >= 11 is 0. The van der Waals surface area contributed by atoms with E-state index >= 15 is 0 Å². The summed E-state index contributed by atoms with van der Waals surface area (Å²) in [7, 11) is 0. The molecule has 1 nitrogen and oxygen atoms in total. The number of rotatable bonds is 3. The number of hydrogen-bond donors (Lipinski definition) is 0. The zero-order valence-corrected chi connectivity index (χ0v) is 4.86. The Balaban J connectivity index is 3.40. The number of halogens is 1. The third-order valence-electron chi connectivity index (χ3n) is 0.741. The summed E-state index contributed by atoms with van der Waals surface area (Å²) < 4.78 is 11.8. The monoisotopic (exact) mass is 116 g/mol. The molecule has 0 rings (SSSR count). The number of hydrogen-bond acceptors (Lipinski definition) is 1. The largest absolute Gasteiger partial charge is 0.295 e. The van der Waals surface area contributed by atoms with Gasteiger partial charge in [0, 0.05) is 0 Å². The summed E-state index contributed by atoms with van der Waals surface area (Å²) in [4.78, 5) is 9.57. The predicted molar refractivity (Wildman–Crippen MR) is 30.2 cm³/mol. The molecule has 0 heterocycles. The van der Waals surface area contributed by atoms with Crippen molar-refractivity contribution in [2.45, 2.75) is 19.8 Å². The highest BCUT2D eigenvalue weighted by atomic mass is 19.1. The maximum atomic E-state index is 11.8. The van der Waals surface area contributed by atoms with Crippen molar-refractivity contribution in [2.75, 3.05) is 0 Å². The van der Waals surface area contributed by atoms with E-state index in [2.05, 4.69) is 0 Å². The number of carbonyl (C=O) groups is 1. The minimum absolute atomic E-state index is 0.218. The fourth-order valence-corrected chi connectivity index (χ4v) is 0.330. The predicted octanol–water partition coefficient (Wildman–Crippen LogP) is 1.84. The average molecular weight is 116 g/mol. The van der Waals surface area contributed by atoms with Crippen molar-refractivity contribution in [1.82, 2.24) is 0 Å². The van der Waals surface area contributed by atoms with E-state index in [1.54, 1.807) is 0 Å². The molecule has 0 aromatic carbocycles. The van der Waals surface area contributed by atoms with Crippen LogP contribution in [0.15, 0.2) is 11.9 Å². The van der Waals surface area contributed by atoms with Crippen molar-refractivity contribution < 1.29 is 9.18 Å². The van der Waals surface area contributed by atoms with Gasteiger partial charge < -0.3 is 0 Å². The van der Waals surface area contributed by atoms with Crippen molar-refractivity contribution in [3.05, 3.63) is 11.9 Å². The lowest BCUT2D eigenvalue weighted by Gasteiger charge is -1.80. The lowest BCUT2D eigenvalue weighted by Crippen LogP contribution is -1.72. The molecule has 0 radical (unpaired) electrons.